The lowest BCUT2D eigenvalue weighted by Crippen LogP contribution is -2.33. The monoisotopic (exact) mass is 261 g/mol. The van der Waals surface area contributed by atoms with Gasteiger partial charge in [-0.1, -0.05) is 0 Å². The topological polar surface area (TPSA) is 52.3 Å². The van der Waals surface area contributed by atoms with E-state index in [4.69, 9.17) is 10.5 Å². The predicted molar refractivity (Wildman–Crippen MR) is 59.3 cm³/mol. The average Bonchev–Trinajstić information content (AvgIpc) is 2.25. The molecule has 0 fully saturated rings. The van der Waals surface area contributed by atoms with Crippen molar-refractivity contribution in [2.45, 2.75) is 25.8 Å². The molecule has 0 aliphatic carbocycles. The molecular formula is C12H14F3NO2. The van der Waals surface area contributed by atoms with E-state index in [0.717, 1.165) is 0 Å². The zero-order valence-electron chi connectivity index (χ0n) is 10.0. The minimum Gasteiger partial charge on any atom is -0.465 e. The van der Waals surface area contributed by atoms with Gasteiger partial charge in [0.2, 0.25) is 0 Å². The smallest absolute Gasteiger partial charge is 0.315 e. The van der Waals surface area contributed by atoms with E-state index < -0.39 is 35.4 Å². The molecule has 0 saturated carbocycles. The summed E-state index contributed by atoms with van der Waals surface area (Å²) in [7, 11) is 0. The highest BCUT2D eigenvalue weighted by molar-refractivity contribution is 5.79. The fourth-order valence-corrected chi connectivity index (χ4v) is 1.63. The lowest BCUT2D eigenvalue weighted by atomic mass is 9.92. The second-order valence-electron chi connectivity index (χ2n) is 3.88. The van der Waals surface area contributed by atoms with Gasteiger partial charge in [-0.3, -0.25) is 4.79 Å². The van der Waals surface area contributed by atoms with Crippen LogP contribution >= 0.6 is 0 Å². The Kier molecular flexibility index (Phi) is 4.72. The number of carbonyl (C=O) groups is 1. The summed E-state index contributed by atoms with van der Waals surface area (Å²) in [4.78, 5) is 11.6. The van der Waals surface area contributed by atoms with Gasteiger partial charge in [-0.05, 0) is 19.9 Å². The molecule has 0 aliphatic heterocycles. The maximum Gasteiger partial charge on any atom is 0.315 e. The summed E-state index contributed by atoms with van der Waals surface area (Å²) in [6.07, 6.45) is 0. The second kappa shape index (κ2) is 5.86. The van der Waals surface area contributed by atoms with E-state index in [1.54, 1.807) is 6.92 Å². The normalized spacial score (nSPS) is 14.1. The van der Waals surface area contributed by atoms with Gasteiger partial charge in [0.25, 0.3) is 0 Å². The Morgan fingerprint density at radius 2 is 1.83 bits per heavy atom. The fourth-order valence-electron chi connectivity index (χ4n) is 1.63. The molecule has 0 aromatic heterocycles. The first-order valence-electron chi connectivity index (χ1n) is 5.45. The molecule has 0 saturated heterocycles. The van der Waals surface area contributed by atoms with Crippen molar-refractivity contribution in [3.8, 4) is 0 Å². The molecule has 6 heteroatoms. The predicted octanol–water partition coefficient (Wildman–Crippen LogP) is 2.10. The zero-order valence-corrected chi connectivity index (χ0v) is 10.0. The molecule has 1 aromatic rings. The summed E-state index contributed by atoms with van der Waals surface area (Å²) in [5.41, 5.74) is 5.27. The van der Waals surface area contributed by atoms with Crippen molar-refractivity contribution in [1.82, 2.24) is 0 Å². The van der Waals surface area contributed by atoms with Crippen molar-refractivity contribution in [3.63, 3.8) is 0 Å². The molecule has 18 heavy (non-hydrogen) atoms. The number of nitrogens with two attached hydrogens (primary N) is 1. The van der Waals surface area contributed by atoms with E-state index in [-0.39, 0.29) is 12.2 Å². The lowest BCUT2D eigenvalue weighted by molar-refractivity contribution is -0.145. The molecule has 2 atom stereocenters. The van der Waals surface area contributed by atoms with Gasteiger partial charge in [0.15, 0.2) is 11.6 Å². The molecular weight excluding hydrogens is 247 g/mol. The van der Waals surface area contributed by atoms with Gasteiger partial charge in [0.05, 0.1) is 12.5 Å². The van der Waals surface area contributed by atoms with E-state index in [9.17, 15) is 18.0 Å². The number of hydrogen-bond donors (Lipinski definition) is 1. The Hall–Kier alpha value is -1.56. The van der Waals surface area contributed by atoms with Gasteiger partial charge in [-0.25, -0.2) is 13.2 Å². The van der Waals surface area contributed by atoms with Crippen molar-refractivity contribution in [2.24, 2.45) is 5.73 Å². The number of rotatable bonds is 4. The molecule has 100 valence electrons. The first-order chi connectivity index (χ1) is 8.38. The van der Waals surface area contributed by atoms with Crippen molar-refractivity contribution >= 4 is 5.97 Å². The number of esters is 1. The van der Waals surface area contributed by atoms with Crippen LogP contribution in [0.2, 0.25) is 0 Å². The van der Waals surface area contributed by atoms with Crippen LogP contribution in [0.4, 0.5) is 13.2 Å². The third kappa shape index (κ3) is 3.01. The van der Waals surface area contributed by atoms with Crippen LogP contribution < -0.4 is 5.73 Å². The molecule has 2 N–H and O–H groups in total. The maximum atomic E-state index is 13.6. The van der Waals surface area contributed by atoms with E-state index >= 15 is 0 Å². The highest BCUT2D eigenvalue weighted by Gasteiger charge is 2.29. The maximum absolute atomic E-state index is 13.6. The number of ether oxygens (including phenoxy) is 1. The quantitative estimate of drug-likeness (QED) is 0.667. The van der Waals surface area contributed by atoms with Crippen LogP contribution in [0.15, 0.2) is 12.1 Å². The number of benzene rings is 1. The van der Waals surface area contributed by atoms with E-state index in [1.807, 2.05) is 0 Å². The Labute approximate surface area is 103 Å². The van der Waals surface area contributed by atoms with Crippen molar-refractivity contribution in [2.75, 3.05) is 6.61 Å². The number of halogens is 3. The fraction of sp³-hybridized carbons (Fsp3) is 0.417. The van der Waals surface area contributed by atoms with Gasteiger partial charge in [-0.2, -0.15) is 0 Å². The molecule has 0 amide bonds. The van der Waals surface area contributed by atoms with Crippen molar-refractivity contribution in [1.29, 1.82) is 0 Å². The molecule has 1 unspecified atom stereocenters. The van der Waals surface area contributed by atoms with Crippen LogP contribution in [0.1, 0.15) is 25.3 Å². The third-order valence-electron chi connectivity index (χ3n) is 2.44. The van der Waals surface area contributed by atoms with E-state index in [1.165, 1.54) is 6.92 Å². The summed E-state index contributed by atoms with van der Waals surface area (Å²) >= 11 is 0. The summed E-state index contributed by atoms with van der Waals surface area (Å²) in [6.45, 7) is 3.13. The van der Waals surface area contributed by atoms with E-state index in [0.29, 0.717) is 12.1 Å². The van der Waals surface area contributed by atoms with Crippen molar-refractivity contribution in [3.05, 3.63) is 35.1 Å². The van der Waals surface area contributed by atoms with Crippen LogP contribution in [0.5, 0.6) is 0 Å². The summed E-state index contributed by atoms with van der Waals surface area (Å²) in [5.74, 6) is -5.51. The number of carbonyl (C=O) groups excluding carboxylic acids is 1. The Bertz CT molecular complexity index is 449. The Balaban J connectivity index is 3.22. The SMILES string of the molecule is CCOC(=O)C(c1cc(F)c(F)cc1F)[C@@H](C)N. The molecule has 0 spiro atoms. The summed E-state index contributed by atoms with van der Waals surface area (Å²) < 4.78 is 44.2. The highest BCUT2D eigenvalue weighted by atomic mass is 19.2. The molecule has 0 aliphatic rings. The summed E-state index contributed by atoms with van der Waals surface area (Å²) in [5, 5.41) is 0. The minimum atomic E-state index is -1.32. The van der Waals surface area contributed by atoms with Crippen LogP contribution in [0, 0.1) is 17.5 Å². The summed E-state index contributed by atoms with van der Waals surface area (Å²) in [6, 6.07) is 0.234. The van der Waals surface area contributed by atoms with Gasteiger partial charge < -0.3 is 10.5 Å². The average molecular weight is 261 g/mol. The second-order valence-corrected chi connectivity index (χ2v) is 3.88. The van der Waals surface area contributed by atoms with Crippen molar-refractivity contribution < 1.29 is 22.7 Å². The Morgan fingerprint density at radius 3 is 2.33 bits per heavy atom. The largest absolute Gasteiger partial charge is 0.465 e. The molecule has 0 bridgehead atoms. The highest BCUT2D eigenvalue weighted by Crippen LogP contribution is 2.25. The first kappa shape index (κ1) is 14.5. The standard InChI is InChI=1S/C12H14F3NO2/c1-3-18-12(17)11(6(2)16)7-4-9(14)10(15)5-8(7)13/h4-6,11H,3,16H2,1-2H3/t6-,11?/m1/s1. The number of hydrogen-bond acceptors (Lipinski definition) is 3. The minimum absolute atomic E-state index is 0.0906. The molecule has 1 rings (SSSR count). The van der Waals surface area contributed by atoms with Crippen LogP contribution in [-0.4, -0.2) is 18.6 Å². The third-order valence-corrected chi connectivity index (χ3v) is 2.44. The van der Waals surface area contributed by atoms with Gasteiger partial charge >= 0.3 is 5.97 Å². The lowest BCUT2D eigenvalue weighted by Gasteiger charge is -2.20. The molecule has 3 nitrogen and oxygen atoms in total. The van der Waals surface area contributed by atoms with Gasteiger partial charge in [0, 0.05) is 17.7 Å². The molecule has 0 radical (unpaired) electrons. The molecule has 1 aromatic carbocycles. The van der Waals surface area contributed by atoms with Crippen LogP contribution in [-0.2, 0) is 9.53 Å². The van der Waals surface area contributed by atoms with Crippen LogP contribution in [0.3, 0.4) is 0 Å². The molecule has 0 heterocycles. The van der Waals surface area contributed by atoms with E-state index in [2.05, 4.69) is 0 Å². The Morgan fingerprint density at radius 1 is 1.28 bits per heavy atom. The zero-order chi connectivity index (χ0) is 13.9. The van der Waals surface area contributed by atoms with Gasteiger partial charge in [-0.15, -0.1) is 0 Å². The first-order valence-corrected chi connectivity index (χ1v) is 5.45. The van der Waals surface area contributed by atoms with Crippen LogP contribution in [0.25, 0.3) is 0 Å². The van der Waals surface area contributed by atoms with Gasteiger partial charge in [0.1, 0.15) is 5.82 Å².